The van der Waals surface area contributed by atoms with E-state index in [4.69, 9.17) is 17.3 Å². The highest BCUT2D eigenvalue weighted by molar-refractivity contribution is 7.16. The van der Waals surface area contributed by atoms with Gasteiger partial charge in [-0.05, 0) is 30.2 Å². The number of amides is 1. The minimum atomic E-state index is -0.0736. The molecule has 2 N–H and O–H groups in total. The average molecular weight is 324 g/mol. The van der Waals surface area contributed by atoms with E-state index in [1.807, 2.05) is 26.0 Å². The Morgan fingerprint density at radius 1 is 1.43 bits per heavy atom. The molecule has 0 spiro atoms. The molecule has 21 heavy (non-hydrogen) atoms. The van der Waals surface area contributed by atoms with E-state index in [2.05, 4.69) is 4.98 Å². The van der Waals surface area contributed by atoms with Crippen molar-refractivity contribution in [2.24, 2.45) is 0 Å². The van der Waals surface area contributed by atoms with Crippen LogP contribution in [-0.2, 0) is 6.54 Å². The zero-order chi connectivity index (χ0) is 15.6. The third-order valence-corrected chi connectivity index (χ3v) is 4.29. The lowest BCUT2D eigenvalue weighted by Crippen LogP contribution is -2.26. The lowest BCUT2D eigenvalue weighted by atomic mass is 10.1. The van der Waals surface area contributed by atoms with Crippen molar-refractivity contribution >= 4 is 34.7 Å². The van der Waals surface area contributed by atoms with Gasteiger partial charge in [0.15, 0.2) is 0 Å². The number of hydrogen-bond acceptors (Lipinski definition) is 4. The summed E-state index contributed by atoms with van der Waals surface area (Å²) in [6.45, 7) is 4.57. The van der Waals surface area contributed by atoms with Gasteiger partial charge in [-0.2, -0.15) is 0 Å². The second-order valence-electron chi connectivity index (χ2n) is 5.23. The number of halogens is 1. The van der Waals surface area contributed by atoms with Crippen LogP contribution < -0.4 is 5.73 Å². The third-order valence-electron chi connectivity index (χ3n) is 3.07. The molecule has 0 bridgehead atoms. The lowest BCUT2D eigenvalue weighted by Gasteiger charge is -2.17. The molecule has 112 valence electrons. The predicted octanol–water partition coefficient (Wildman–Crippen LogP) is 3.77. The zero-order valence-corrected chi connectivity index (χ0v) is 13.8. The second-order valence-corrected chi connectivity index (χ2v) is 7.03. The van der Waals surface area contributed by atoms with Crippen LogP contribution >= 0.6 is 22.9 Å². The maximum atomic E-state index is 12.5. The van der Waals surface area contributed by atoms with Crippen molar-refractivity contribution in [1.82, 2.24) is 9.88 Å². The maximum absolute atomic E-state index is 12.5. The highest BCUT2D eigenvalue weighted by atomic mass is 35.5. The monoisotopic (exact) mass is 323 g/mol. The predicted molar refractivity (Wildman–Crippen MR) is 87.9 cm³/mol. The summed E-state index contributed by atoms with van der Waals surface area (Å²) in [6.07, 6.45) is 0. The van der Waals surface area contributed by atoms with E-state index in [9.17, 15) is 4.79 Å². The van der Waals surface area contributed by atoms with Crippen LogP contribution in [0.15, 0.2) is 24.3 Å². The molecular formula is C15H18ClN3OS. The van der Waals surface area contributed by atoms with Gasteiger partial charge >= 0.3 is 0 Å². The molecule has 4 nitrogen and oxygen atoms in total. The van der Waals surface area contributed by atoms with Crippen molar-refractivity contribution in [2.75, 3.05) is 12.8 Å². The Bertz CT molecular complexity index is 654. The highest BCUT2D eigenvalue weighted by Gasteiger charge is 2.15. The molecule has 0 aromatic carbocycles. The average Bonchev–Trinajstić information content (AvgIpc) is 2.82. The number of pyridine rings is 1. The molecule has 0 saturated carbocycles. The Labute approximate surface area is 133 Å². The van der Waals surface area contributed by atoms with E-state index in [1.165, 1.54) is 11.3 Å². The van der Waals surface area contributed by atoms with Crippen molar-refractivity contribution in [3.05, 3.63) is 44.7 Å². The van der Waals surface area contributed by atoms with Crippen molar-refractivity contribution in [1.29, 1.82) is 0 Å². The first-order chi connectivity index (χ1) is 9.86. The minimum absolute atomic E-state index is 0.0736. The number of carbonyl (C=O) groups is 1. The Kier molecular flexibility index (Phi) is 4.85. The first kappa shape index (κ1) is 15.8. The van der Waals surface area contributed by atoms with Crippen molar-refractivity contribution < 1.29 is 4.79 Å². The molecular weight excluding hydrogens is 306 g/mol. The van der Waals surface area contributed by atoms with E-state index in [-0.39, 0.29) is 11.8 Å². The van der Waals surface area contributed by atoms with E-state index >= 15 is 0 Å². The van der Waals surface area contributed by atoms with Crippen LogP contribution in [-0.4, -0.2) is 22.8 Å². The molecule has 0 fully saturated rings. The number of anilines is 1. The molecule has 0 radical (unpaired) electrons. The number of nitrogen functional groups attached to an aromatic ring is 1. The topological polar surface area (TPSA) is 59.2 Å². The molecule has 2 rings (SSSR count). The number of hydrogen-bond donors (Lipinski definition) is 1. The van der Waals surface area contributed by atoms with Gasteiger partial charge in [0.05, 0.1) is 10.9 Å². The van der Waals surface area contributed by atoms with Gasteiger partial charge in [0, 0.05) is 23.2 Å². The lowest BCUT2D eigenvalue weighted by molar-refractivity contribution is 0.0786. The number of aromatic nitrogens is 1. The van der Waals surface area contributed by atoms with Gasteiger partial charge in [-0.3, -0.25) is 4.79 Å². The smallest absolute Gasteiger partial charge is 0.254 e. The summed E-state index contributed by atoms with van der Waals surface area (Å²) in [5.41, 5.74) is 7.18. The molecule has 0 aliphatic carbocycles. The fraction of sp³-hybridized carbons (Fsp3) is 0.333. The SMILES string of the molecule is CC(C)c1cc(C(=O)N(C)Cc2ccc(Cl)s2)cc(N)n1. The van der Waals surface area contributed by atoms with Crippen molar-refractivity contribution in [3.8, 4) is 0 Å². The molecule has 1 amide bonds. The Morgan fingerprint density at radius 2 is 2.14 bits per heavy atom. The Balaban J connectivity index is 2.19. The number of rotatable bonds is 4. The molecule has 2 aromatic rings. The summed E-state index contributed by atoms with van der Waals surface area (Å²) < 4.78 is 0.723. The maximum Gasteiger partial charge on any atom is 0.254 e. The van der Waals surface area contributed by atoms with Gasteiger partial charge < -0.3 is 10.6 Å². The third kappa shape index (κ3) is 3.95. The van der Waals surface area contributed by atoms with Crippen molar-refractivity contribution in [2.45, 2.75) is 26.3 Å². The molecule has 6 heteroatoms. The molecule has 0 aliphatic rings. The quantitative estimate of drug-likeness (QED) is 0.931. The highest BCUT2D eigenvalue weighted by Crippen LogP contribution is 2.23. The zero-order valence-electron chi connectivity index (χ0n) is 12.3. The van der Waals surface area contributed by atoms with Crippen LogP contribution in [0.2, 0.25) is 4.34 Å². The minimum Gasteiger partial charge on any atom is -0.384 e. The van der Waals surface area contributed by atoms with E-state index in [0.29, 0.717) is 17.9 Å². The number of carbonyl (C=O) groups excluding carboxylic acids is 1. The molecule has 2 aromatic heterocycles. The summed E-state index contributed by atoms with van der Waals surface area (Å²) in [5, 5.41) is 0. The number of nitrogens with two attached hydrogens (primary N) is 1. The Morgan fingerprint density at radius 3 is 2.71 bits per heavy atom. The van der Waals surface area contributed by atoms with Crippen LogP contribution in [0.3, 0.4) is 0 Å². The molecule has 0 aliphatic heterocycles. The molecule has 0 atom stereocenters. The first-order valence-corrected chi connectivity index (χ1v) is 7.83. The fourth-order valence-corrected chi connectivity index (χ4v) is 3.10. The van der Waals surface area contributed by atoms with Gasteiger partial charge in [0.2, 0.25) is 0 Å². The summed E-state index contributed by atoms with van der Waals surface area (Å²) >= 11 is 7.38. The molecule has 0 unspecified atom stereocenters. The summed E-state index contributed by atoms with van der Waals surface area (Å²) in [4.78, 5) is 19.4. The van der Waals surface area contributed by atoms with E-state index in [1.54, 1.807) is 24.1 Å². The van der Waals surface area contributed by atoms with E-state index < -0.39 is 0 Å². The van der Waals surface area contributed by atoms with Crippen LogP contribution in [0.1, 0.15) is 40.7 Å². The van der Waals surface area contributed by atoms with Gasteiger partial charge in [0.1, 0.15) is 5.82 Å². The number of nitrogens with zero attached hydrogens (tertiary/aromatic N) is 2. The normalized spacial score (nSPS) is 10.9. The second kappa shape index (κ2) is 6.45. The fourth-order valence-electron chi connectivity index (χ4n) is 1.96. The van der Waals surface area contributed by atoms with Crippen LogP contribution in [0, 0.1) is 0 Å². The first-order valence-electron chi connectivity index (χ1n) is 6.64. The largest absolute Gasteiger partial charge is 0.384 e. The van der Waals surface area contributed by atoms with Gasteiger partial charge in [-0.15, -0.1) is 11.3 Å². The molecule has 2 heterocycles. The summed E-state index contributed by atoms with van der Waals surface area (Å²) in [5.74, 6) is 0.522. The standard InChI is InChI=1S/C15H18ClN3OS/c1-9(2)12-6-10(7-14(17)18-12)15(20)19(3)8-11-4-5-13(16)21-11/h4-7,9H,8H2,1-3H3,(H2,17,18). The van der Waals surface area contributed by atoms with Gasteiger partial charge in [0.25, 0.3) is 5.91 Å². The number of thiophene rings is 1. The van der Waals surface area contributed by atoms with Crippen molar-refractivity contribution in [3.63, 3.8) is 0 Å². The molecule has 0 saturated heterocycles. The Hall–Kier alpha value is -1.59. The van der Waals surface area contributed by atoms with Gasteiger partial charge in [-0.25, -0.2) is 4.98 Å². The van der Waals surface area contributed by atoms with E-state index in [0.717, 1.165) is 14.9 Å². The summed E-state index contributed by atoms with van der Waals surface area (Å²) in [6, 6.07) is 7.19. The van der Waals surface area contributed by atoms with Crippen LogP contribution in [0.4, 0.5) is 5.82 Å². The van der Waals surface area contributed by atoms with Crippen LogP contribution in [0.5, 0.6) is 0 Å². The van der Waals surface area contributed by atoms with Gasteiger partial charge in [-0.1, -0.05) is 25.4 Å². The summed E-state index contributed by atoms with van der Waals surface area (Å²) in [7, 11) is 1.77. The van der Waals surface area contributed by atoms with Crippen LogP contribution in [0.25, 0.3) is 0 Å².